The molecule has 1 unspecified atom stereocenters. The van der Waals surface area contributed by atoms with E-state index in [0.717, 1.165) is 47.6 Å². The van der Waals surface area contributed by atoms with Crippen molar-refractivity contribution in [1.82, 2.24) is 0 Å². The summed E-state index contributed by atoms with van der Waals surface area (Å²) < 4.78 is 16.8. The van der Waals surface area contributed by atoms with Gasteiger partial charge < -0.3 is 19.9 Å². The quantitative estimate of drug-likeness (QED) is 0.742. The number of nitrogens with two attached hydrogens (primary N) is 1. The molecule has 1 rings (SSSR count). The topological polar surface area (TPSA) is 53.7 Å². The van der Waals surface area contributed by atoms with Gasteiger partial charge in [-0.05, 0) is 47.8 Å². The highest BCUT2D eigenvalue weighted by Gasteiger charge is 2.17. The summed E-state index contributed by atoms with van der Waals surface area (Å²) in [5.41, 5.74) is 7.20. The van der Waals surface area contributed by atoms with Gasteiger partial charge in [0.15, 0.2) is 0 Å². The lowest BCUT2D eigenvalue weighted by atomic mass is 10.0. The van der Waals surface area contributed by atoms with Gasteiger partial charge in [0, 0.05) is 24.8 Å². The van der Waals surface area contributed by atoms with Crippen LogP contribution in [0.1, 0.15) is 31.4 Å². The highest BCUT2D eigenvalue weighted by molar-refractivity contribution is 9.10. The first-order chi connectivity index (χ1) is 9.15. The summed E-state index contributed by atoms with van der Waals surface area (Å²) >= 11 is 3.48. The Balaban J connectivity index is 2.78. The summed E-state index contributed by atoms with van der Waals surface area (Å²) in [6, 6.07) is 3.77. The average Bonchev–Trinajstić information content (AvgIpc) is 2.43. The standard InChI is InChI=1S/C14H22BrNO3/c1-4-19-9-5-6-11(16)10-7-8-12(17-2)13(15)14(10)18-3/h7-8,11H,4-6,9,16H2,1-3H3. The van der Waals surface area contributed by atoms with Crippen LogP contribution in [0.4, 0.5) is 0 Å². The molecule has 1 aromatic rings. The fourth-order valence-electron chi connectivity index (χ4n) is 1.92. The van der Waals surface area contributed by atoms with Gasteiger partial charge in [-0.15, -0.1) is 0 Å². The smallest absolute Gasteiger partial charge is 0.141 e. The first kappa shape index (κ1) is 16.3. The van der Waals surface area contributed by atoms with E-state index in [2.05, 4.69) is 15.9 Å². The van der Waals surface area contributed by atoms with E-state index < -0.39 is 0 Å². The van der Waals surface area contributed by atoms with Gasteiger partial charge in [-0.25, -0.2) is 0 Å². The third-order valence-electron chi connectivity index (χ3n) is 2.92. The Kier molecular flexibility index (Phi) is 7.20. The summed E-state index contributed by atoms with van der Waals surface area (Å²) in [6.45, 7) is 3.47. The Labute approximate surface area is 123 Å². The second-order valence-corrected chi connectivity index (χ2v) is 4.94. The fraction of sp³-hybridized carbons (Fsp3) is 0.571. The maximum Gasteiger partial charge on any atom is 0.141 e. The summed E-state index contributed by atoms with van der Waals surface area (Å²) in [5.74, 6) is 1.48. The van der Waals surface area contributed by atoms with Crippen molar-refractivity contribution in [1.29, 1.82) is 0 Å². The number of rotatable bonds is 8. The van der Waals surface area contributed by atoms with Crippen molar-refractivity contribution in [2.45, 2.75) is 25.8 Å². The van der Waals surface area contributed by atoms with Crippen LogP contribution in [0.2, 0.25) is 0 Å². The Morgan fingerprint density at radius 2 is 2.00 bits per heavy atom. The number of hydrogen-bond donors (Lipinski definition) is 1. The Hall–Kier alpha value is -0.780. The van der Waals surface area contributed by atoms with Gasteiger partial charge in [-0.3, -0.25) is 0 Å². The molecule has 0 bridgehead atoms. The molecule has 0 amide bonds. The van der Waals surface area contributed by atoms with Crippen molar-refractivity contribution in [3.8, 4) is 11.5 Å². The lowest BCUT2D eigenvalue weighted by molar-refractivity contribution is 0.142. The van der Waals surface area contributed by atoms with E-state index in [4.69, 9.17) is 19.9 Å². The molecule has 0 saturated heterocycles. The Bertz CT molecular complexity index is 399. The van der Waals surface area contributed by atoms with Crippen molar-refractivity contribution in [3.05, 3.63) is 22.2 Å². The minimum Gasteiger partial charge on any atom is -0.495 e. The minimum atomic E-state index is -0.0717. The minimum absolute atomic E-state index is 0.0717. The van der Waals surface area contributed by atoms with Crippen LogP contribution in [-0.4, -0.2) is 27.4 Å². The van der Waals surface area contributed by atoms with Gasteiger partial charge in [-0.1, -0.05) is 0 Å². The molecule has 0 aliphatic carbocycles. The second-order valence-electron chi connectivity index (χ2n) is 4.15. The third-order valence-corrected chi connectivity index (χ3v) is 3.67. The summed E-state index contributed by atoms with van der Waals surface area (Å²) in [6.07, 6.45) is 1.79. The second kappa shape index (κ2) is 8.40. The van der Waals surface area contributed by atoms with Crippen molar-refractivity contribution < 1.29 is 14.2 Å². The average molecular weight is 332 g/mol. The maximum atomic E-state index is 6.22. The molecule has 0 aromatic heterocycles. The zero-order valence-electron chi connectivity index (χ0n) is 11.7. The molecule has 0 radical (unpaired) electrons. The van der Waals surface area contributed by atoms with E-state index in [0.29, 0.717) is 0 Å². The van der Waals surface area contributed by atoms with Crippen LogP contribution in [0, 0.1) is 0 Å². The number of halogens is 1. The molecule has 108 valence electrons. The molecule has 0 saturated carbocycles. The molecule has 4 nitrogen and oxygen atoms in total. The molecule has 0 aliphatic rings. The van der Waals surface area contributed by atoms with E-state index in [1.54, 1.807) is 14.2 Å². The van der Waals surface area contributed by atoms with Crippen molar-refractivity contribution >= 4 is 15.9 Å². The Morgan fingerprint density at radius 3 is 2.58 bits per heavy atom. The molecule has 5 heteroatoms. The lowest BCUT2D eigenvalue weighted by Crippen LogP contribution is -2.13. The maximum absolute atomic E-state index is 6.22. The zero-order chi connectivity index (χ0) is 14.3. The first-order valence-electron chi connectivity index (χ1n) is 6.39. The van der Waals surface area contributed by atoms with E-state index in [-0.39, 0.29) is 6.04 Å². The van der Waals surface area contributed by atoms with Gasteiger partial charge in [-0.2, -0.15) is 0 Å². The van der Waals surface area contributed by atoms with Crippen LogP contribution in [0.5, 0.6) is 11.5 Å². The molecule has 2 N–H and O–H groups in total. The highest BCUT2D eigenvalue weighted by Crippen LogP contribution is 2.39. The van der Waals surface area contributed by atoms with E-state index in [1.807, 2.05) is 19.1 Å². The Morgan fingerprint density at radius 1 is 1.26 bits per heavy atom. The van der Waals surface area contributed by atoms with Crippen molar-refractivity contribution in [3.63, 3.8) is 0 Å². The van der Waals surface area contributed by atoms with Gasteiger partial charge in [0.25, 0.3) is 0 Å². The summed E-state index contributed by atoms with van der Waals surface area (Å²) in [7, 11) is 3.26. The molecule has 1 atom stereocenters. The summed E-state index contributed by atoms with van der Waals surface area (Å²) in [4.78, 5) is 0. The van der Waals surface area contributed by atoms with Crippen LogP contribution in [0.3, 0.4) is 0 Å². The van der Waals surface area contributed by atoms with Crippen molar-refractivity contribution in [2.24, 2.45) is 5.73 Å². The van der Waals surface area contributed by atoms with E-state index in [9.17, 15) is 0 Å². The largest absolute Gasteiger partial charge is 0.495 e. The monoisotopic (exact) mass is 331 g/mol. The lowest BCUT2D eigenvalue weighted by Gasteiger charge is -2.18. The SMILES string of the molecule is CCOCCCC(N)c1ccc(OC)c(Br)c1OC. The van der Waals surface area contributed by atoms with Crippen LogP contribution in [-0.2, 0) is 4.74 Å². The number of hydrogen-bond acceptors (Lipinski definition) is 4. The van der Waals surface area contributed by atoms with Crippen LogP contribution in [0.15, 0.2) is 16.6 Å². The summed E-state index contributed by atoms with van der Waals surface area (Å²) in [5, 5.41) is 0. The first-order valence-corrected chi connectivity index (χ1v) is 7.18. The normalized spacial score (nSPS) is 12.3. The van der Waals surface area contributed by atoms with Crippen LogP contribution < -0.4 is 15.2 Å². The molecule has 1 aromatic carbocycles. The fourth-order valence-corrected chi connectivity index (χ4v) is 2.60. The molecule has 19 heavy (non-hydrogen) atoms. The number of methoxy groups -OCH3 is 2. The van der Waals surface area contributed by atoms with Gasteiger partial charge in [0.05, 0.1) is 14.2 Å². The highest BCUT2D eigenvalue weighted by atomic mass is 79.9. The molecule has 0 heterocycles. The van der Waals surface area contributed by atoms with Crippen LogP contribution in [0.25, 0.3) is 0 Å². The molecular weight excluding hydrogens is 310 g/mol. The molecule has 0 fully saturated rings. The van der Waals surface area contributed by atoms with E-state index >= 15 is 0 Å². The molecule has 0 spiro atoms. The zero-order valence-corrected chi connectivity index (χ0v) is 13.3. The van der Waals surface area contributed by atoms with Crippen LogP contribution >= 0.6 is 15.9 Å². The molecule has 0 aliphatic heterocycles. The number of benzene rings is 1. The third kappa shape index (κ3) is 4.37. The van der Waals surface area contributed by atoms with Crippen molar-refractivity contribution in [2.75, 3.05) is 27.4 Å². The van der Waals surface area contributed by atoms with Gasteiger partial charge in [0.2, 0.25) is 0 Å². The molecular formula is C14H22BrNO3. The predicted octanol–water partition coefficient (Wildman–Crippen LogP) is 3.28. The predicted molar refractivity (Wildman–Crippen MR) is 79.9 cm³/mol. The van der Waals surface area contributed by atoms with Gasteiger partial charge >= 0.3 is 0 Å². The number of ether oxygens (including phenoxy) is 3. The van der Waals surface area contributed by atoms with E-state index in [1.165, 1.54) is 0 Å². The van der Waals surface area contributed by atoms with Gasteiger partial charge in [0.1, 0.15) is 16.0 Å².